The number of hydrogen-bond donors (Lipinski definition) is 6. The number of carboxylic acid groups (broad SMARTS) is 2. The largest absolute Gasteiger partial charge is 0.479 e. The van der Waals surface area contributed by atoms with Gasteiger partial charge in [0.05, 0.1) is 12.9 Å². The number of benzene rings is 1. The predicted molar refractivity (Wildman–Crippen MR) is 151 cm³/mol. The van der Waals surface area contributed by atoms with Gasteiger partial charge < -0.3 is 40.6 Å². The van der Waals surface area contributed by atoms with E-state index in [1.807, 2.05) is 5.92 Å². The maximum absolute atomic E-state index is 12.4. The highest BCUT2D eigenvalue weighted by molar-refractivity contribution is 6.28. The molecule has 15 nitrogen and oxygen atoms in total. The fourth-order valence-electron chi connectivity index (χ4n) is 4.38. The quantitative estimate of drug-likeness (QED) is 0.0725. The highest BCUT2D eigenvalue weighted by atomic mass is 35.5. The third-order valence-corrected chi connectivity index (χ3v) is 6.96. The number of rotatable bonds is 12. The smallest absolute Gasteiger partial charge is 0.348 e. The van der Waals surface area contributed by atoms with Gasteiger partial charge in [-0.3, -0.25) is 9.36 Å². The van der Waals surface area contributed by atoms with Crippen molar-refractivity contribution < 1.29 is 39.5 Å². The first-order chi connectivity index (χ1) is 20.4. The summed E-state index contributed by atoms with van der Waals surface area (Å²) in [5.41, 5.74) is 0.955. The molecule has 0 unspecified atom stereocenters. The van der Waals surface area contributed by atoms with Gasteiger partial charge >= 0.3 is 11.9 Å². The molecule has 0 amide bonds. The SMILES string of the molecule is C#C[C@@](O)([C@@H](COC(Cc1ccc(-c2ccc[nH]c2=O)cc1)(C(=O)O)C(=O)O)OC)[C@@H](O)n1cnc2c(N)nc(Cl)nc21. The van der Waals surface area contributed by atoms with Gasteiger partial charge in [-0.25, -0.2) is 14.6 Å². The number of aliphatic carboxylic acids is 2. The molecule has 0 saturated carbocycles. The van der Waals surface area contributed by atoms with E-state index in [-0.39, 0.29) is 33.4 Å². The number of halogens is 1. The van der Waals surface area contributed by atoms with Gasteiger partial charge in [-0.15, -0.1) is 6.42 Å². The summed E-state index contributed by atoms with van der Waals surface area (Å²) in [5, 5.41) is 42.2. The van der Waals surface area contributed by atoms with Crippen molar-refractivity contribution >= 4 is 40.5 Å². The van der Waals surface area contributed by atoms with Crippen LogP contribution in [0.3, 0.4) is 0 Å². The lowest BCUT2D eigenvalue weighted by atomic mass is 9.92. The molecule has 1 aromatic carbocycles. The maximum atomic E-state index is 12.4. The number of aliphatic hydroxyl groups excluding tert-OH is 1. The molecule has 3 aromatic heterocycles. The zero-order chi connectivity index (χ0) is 31.5. The summed E-state index contributed by atoms with van der Waals surface area (Å²) in [6.07, 6.45) is 3.70. The Morgan fingerprint density at radius 2 is 1.88 bits per heavy atom. The number of nitrogens with one attached hydrogen (secondary N) is 1. The number of carbonyl (C=O) groups is 2. The molecular formula is C27H25ClN6O9. The molecule has 0 aliphatic heterocycles. The minimum atomic E-state index is -2.88. The molecule has 3 heterocycles. The first-order valence-corrected chi connectivity index (χ1v) is 12.7. The number of imidazole rings is 1. The summed E-state index contributed by atoms with van der Waals surface area (Å²) in [6.45, 7) is -0.908. The fourth-order valence-corrected chi connectivity index (χ4v) is 4.56. The van der Waals surface area contributed by atoms with Gasteiger partial charge in [-0.1, -0.05) is 30.2 Å². The second-order valence-electron chi connectivity index (χ2n) is 9.30. The molecule has 0 aliphatic carbocycles. The van der Waals surface area contributed by atoms with Crippen LogP contribution in [-0.2, 0) is 25.5 Å². The predicted octanol–water partition coefficient (Wildman–Crippen LogP) is 0.455. The van der Waals surface area contributed by atoms with Crippen molar-refractivity contribution in [1.82, 2.24) is 24.5 Å². The average Bonchev–Trinajstić information content (AvgIpc) is 3.40. The Hall–Kier alpha value is -4.85. The lowest BCUT2D eigenvalue weighted by Gasteiger charge is -2.36. The first-order valence-electron chi connectivity index (χ1n) is 12.3. The van der Waals surface area contributed by atoms with Crippen LogP contribution in [0.2, 0.25) is 5.28 Å². The standard InChI is InChI=1S/C27H25ClN6O9/c1-3-26(41,22(36)34-13-31-18-19(29)32-25(28)33-20(18)34)17(42-2)12-43-27(23(37)38,24(39)40)11-14-6-8-15(9-7-14)16-5-4-10-30-21(16)35/h1,4-10,13,17,22,36,41H,11-12H2,2H3,(H,30,35)(H,37,38)(H,39,40)(H2,29,32,33)/t17-,22-,26-/m1/s1. The average molecular weight is 613 g/mol. The molecule has 224 valence electrons. The Kier molecular flexibility index (Phi) is 8.80. The van der Waals surface area contributed by atoms with Crippen LogP contribution < -0.4 is 11.3 Å². The molecule has 0 fully saturated rings. The van der Waals surface area contributed by atoms with Crippen LogP contribution in [0.25, 0.3) is 22.3 Å². The zero-order valence-electron chi connectivity index (χ0n) is 22.3. The number of terminal acetylenes is 1. The molecule has 0 aliphatic rings. The Morgan fingerprint density at radius 1 is 1.21 bits per heavy atom. The van der Waals surface area contributed by atoms with Crippen LogP contribution in [0.1, 0.15) is 11.8 Å². The number of anilines is 1. The van der Waals surface area contributed by atoms with Gasteiger partial charge in [0.2, 0.25) is 5.28 Å². The van der Waals surface area contributed by atoms with Crippen molar-refractivity contribution in [1.29, 1.82) is 0 Å². The maximum Gasteiger partial charge on any atom is 0.348 e. The topological polar surface area (TPSA) is 236 Å². The van der Waals surface area contributed by atoms with Crippen LogP contribution >= 0.6 is 11.6 Å². The molecule has 43 heavy (non-hydrogen) atoms. The Balaban J connectivity index is 1.62. The number of methoxy groups -OCH3 is 1. The van der Waals surface area contributed by atoms with Crippen molar-refractivity contribution in [3.8, 4) is 23.5 Å². The number of ether oxygens (including phenoxy) is 2. The lowest BCUT2D eigenvalue weighted by molar-refractivity contribution is -0.202. The summed E-state index contributed by atoms with van der Waals surface area (Å²) in [6, 6.07) is 9.17. The fraction of sp³-hybridized carbons (Fsp3) is 0.259. The molecule has 16 heteroatoms. The number of aliphatic hydroxyl groups is 2. The summed E-state index contributed by atoms with van der Waals surface area (Å²) < 4.78 is 11.6. The van der Waals surface area contributed by atoms with Gasteiger partial charge in [0.25, 0.3) is 11.2 Å². The number of nitrogens with zero attached hydrogens (tertiary/aromatic N) is 4. The van der Waals surface area contributed by atoms with E-state index in [1.165, 1.54) is 30.5 Å². The lowest BCUT2D eigenvalue weighted by Crippen LogP contribution is -2.56. The van der Waals surface area contributed by atoms with Crippen molar-refractivity contribution in [2.24, 2.45) is 0 Å². The number of aromatic nitrogens is 5. The van der Waals surface area contributed by atoms with E-state index in [0.717, 1.165) is 18.0 Å². The van der Waals surface area contributed by atoms with E-state index < -0.39 is 48.5 Å². The minimum absolute atomic E-state index is 0.0340. The molecule has 0 spiro atoms. The minimum Gasteiger partial charge on any atom is -0.479 e. The van der Waals surface area contributed by atoms with Crippen molar-refractivity contribution in [2.45, 2.75) is 30.0 Å². The molecule has 0 saturated heterocycles. The number of fused-ring (bicyclic) bond motifs is 1. The van der Waals surface area contributed by atoms with Gasteiger partial charge in [0.15, 0.2) is 23.3 Å². The van der Waals surface area contributed by atoms with E-state index in [1.54, 1.807) is 12.1 Å². The number of nitrogen functional groups attached to an aromatic ring is 1. The van der Waals surface area contributed by atoms with Gasteiger partial charge in [-0.2, -0.15) is 9.97 Å². The van der Waals surface area contributed by atoms with E-state index in [2.05, 4.69) is 19.9 Å². The summed E-state index contributed by atoms with van der Waals surface area (Å²) in [4.78, 5) is 51.0. The van der Waals surface area contributed by atoms with Crippen molar-refractivity contribution in [3.05, 3.63) is 70.1 Å². The van der Waals surface area contributed by atoms with Crippen LogP contribution in [0, 0.1) is 12.3 Å². The number of pyridine rings is 1. The second kappa shape index (κ2) is 12.2. The highest BCUT2D eigenvalue weighted by Gasteiger charge is 2.51. The summed E-state index contributed by atoms with van der Waals surface area (Å²) in [5.74, 6) is -1.83. The third-order valence-electron chi connectivity index (χ3n) is 6.79. The number of nitrogens with two attached hydrogens (primary N) is 1. The summed E-state index contributed by atoms with van der Waals surface area (Å²) in [7, 11) is 1.08. The zero-order valence-corrected chi connectivity index (χ0v) is 23.1. The van der Waals surface area contributed by atoms with Crippen LogP contribution in [-0.4, -0.2) is 87.9 Å². The molecule has 3 atom stereocenters. The van der Waals surface area contributed by atoms with Crippen molar-refractivity contribution in [2.75, 3.05) is 19.5 Å². The molecule has 7 N–H and O–H groups in total. The number of hydrogen-bond acceptors (Lipinski definition) is 11. The molecule has 4 rings (SSSR count). The van der Waals surface area contributed by atoms with Gasteiger partial charge in [0.1, 0.15) is 11.6 Å². The monoisotopic (exact) mass is 612 g/mol. The van der Waals surface area contributed by atoms with Crippen LogP contribution in [0.5, 0.6) is 0 Å². The number of carboxylic acids is 2. The Labute approximate surface area is 247 Å². The van der Waals surface area contributed by atoms with E-state index >= 15 is 0 Å². The van der Waals surface area contributed by atoms with Crippen molar-refractivity contribution in [3.63, 3.8) is 0 Å². The van der Waals surface area contributed by atoms with Crippen LogP contribution in [0.15, 0.2) is 53.7 Å². The number of H-pyrrole nitrogens is 1. The Morgan fingerprint density at radius 3 is 2.47 bits per heavy atom. The molecule has 0 bridgehead atoms. The van der Waals surface area contributed by atoms with E-state index in [9.17, 15) is 34.8 Å². The molecular weight excluding hydrogens is 588 g/mol. The summed E-state index contributed by atoms with van der Waals surface area (Å²) >= 11 is 5.87. The third kappa shape index (κ3) is 5.78. The first kappa shape index (κ1) is 31.1. The normalized spacial score (nSPS) is 14.5. The van der Waals surface area contributed by atoms with E-state index in [0.29, 0.717) is 11.1 Å². The van der Waals surface area contributed by atoms with E-state index in [4.69, 9.17) is 33.2 Å². The van der Waals surface area contributed by atoms with Crippen LogP contribution in [0.4, 0.5) is 5.82 Å². The van der Waals surface area contributed by atoms with Gasteiger partial charge in [-0.05, 0) is 34.9 Å². The number of aromatic amines is 1. The second-order valence-corrected chi connectivity index (χ2v) is 9.64. The molecule has 0 radical (unpaired) electrons. The molecule has 4 aromatic rings. The Bertz CT molecular complexity index is 1750. The highest BCUT2D eigenvalue weighted by Crippen LogP contribution is 2.31. The van der Waals surface area contributed by atoms with Gasteiger partial charge in [0, 0.05) is 25.3 Å².